The number of carbonyl (C=O) groups is 1. The fraction of sp³-hybridized carbons (Fsp3) is 0.0556. The maximum atomic E-state index is 11.9. The lowest BCUT2D eigenvalue weighted by atomic mass is 10.2. The van der Waals surface area contributed by atoms with E-state index in [9.17, 15) is 4.79 Å². The maximum Gasteiger partial charge on any atom is 0.250 e. The van der Waals surface area contributed by atoms with Crippen molar-refractivity contribution in [2.24, 2.45) is 5.10 Å². The van der Waals surface area contributed by atoms with Gasteiger partial charge in [0.05, 0.1) is 22.2 Å². The zero-order chi connectivity index (χ0) is 17.1. The Kier molecular flexibility index (Phi) is 4.49. The largest absolute Gasteiger partial charge is 0.361 e. The quantitative estimate of drug-likeness (QED) is 0.318. The molecule has 0 aliphatic heterocycles. The molecule has 4 aromatic rings. The summed E-state index contributed by atoms with van der Waals surface area (Å²) in [7, 11) is 0. The first-order valence-electron chi connectivity index (χ1n) is 7.66. The number of amides is 1. The Morgan fingerprint density at radius 3 is 3.00 bits per heavy atom. The first-order chi connectivity index (χ1) is 12.3. The molecule has 2 aromatic carbocycles. The van der Waals surface area contributed by atoms with Crippen molar-refractivity contribution in [3.05, 3.63) is 60.3 Å². The second-order valence-electron chi connectivity index (χ2n) is 5.32. The van der Waals surface area contributed by atoms with Crippen LogP contribution in [-0.2, 0) is 4.79 Å². The Labute approximate surface area is 152 Å². The number of hydrazone groups is 1. The van der Waals surface area contributed by atoms with E-state index in [1.54, 1.807) is 17.6 Å². The highest BCUT2D eigenvalue weighted by Gasteiger charge is 2.07. The number of para-hydroxylation sites is 2. The molecule has 0 bridgehead atoms. The average Bonchev–Trinajstić information content (AvgIpc) is 3.24. The molecule has 25 heavy (non-hydrogen) atoms. The van der Waals surface area contributed by atoms with Gasteiger partial charge in [0, 0.05) is 22.7 Å². The molecular formula is C18H14N4OS2. The van der Waals surface area contributed by atoms with Gasteiger partial charge in [-0.05, 0) is 18.2 Å². The molecule has 1 amide bonds. The van der Waals surface area contributed by atoms with E-state index in [-0.39, 0.29) is 11.7 Å². The molecule has 0 atom stereocenters. The molecule has 2 N–H and O–H groups in total. The molecule has 0 saturated heterocycles. The number of nitrogens with one attached hydrogen (secondary N) is 2. The van der Waals surface area contributed by atoms with Gasteiger partial charge in [-0.15, -0.1) is 11.3 Å². The summed E-state index contributed by atoms with van der Waals surface area (Å²) in [5.41, 5.74) is 5.51. The number of thiazole rings is 1. The minimum Gasteiger partial charge on any atom is -0.361 e. The van der Waals surface area contributed by atoms with Crippen molar-refractivity contribution in [3.8, 4) is 0 Å². The van der Waals surface area contributed by atoms with Gasteiger partial charge in [0.25, 0.3) is 5.91 Å². The number of carbonyl (C=O) groups excluding carboxylic acids is 1. The fourth-order valence-corrected chi connectivity index (χ4v) is 4.31. The lowest BCUT2D eigenvalue weighted by Gasteiger charge is -1.97. The number of H-pyrrole nitrogens is 1. The van der Waals surface area contributed by atoms with Gasteiger partial charge in [0.1, 0.15) is 0 Å². The third kappa shape index (κ3) is 3.57. The molecule has 7 heteroatoms. The Morgan fingerprint density at radius 1 is 1.24 bits per heavy atom. The smallest absolute Gasteiger partial charge is 0.250 e. The van der Waals surface area contributed by atoms with E-state index < -0.39 is 0 Å². The standard InChI is InChI=1S/C18H14N4OS2/c23-17(11-24-18-21-15-7-3-4-8-16(15)25-18)22-20-10-12-9-19-14-6-2-1-5-13(12)14/h1-10,19H,11H2,(H,22,23)/b20-10+. The number of rotatable bonds is 5. The Hall–Kier alpha value is -2.64. The van der Waals surface area contributed by atoms with Gasteiger partial charge >= 0.3 is 0 Å². The van der Waals surface area contributed by atoms with Gasteiger partial charge in [-0.2, -0.15) is 5.10 Å². The highest BCUT2D eigenvalue weighted by atomic mass is 32.2. The topological polar surface area (TPSA) is 70.1 Å². The molecular weight excluding hydrogens is 352 g/mol. The lowest BCUT2D eigenvalue weighted by molar-refractivity contribution is -0.118. The average molecular weight is 366 g/mol. The highest BCUT2D eigenvalue weighted by molar-refractivity contribution is 8.01. The number of thioether (sulfide) groups is 1. The molecule has 124 valence electrons. The monoisotopic (exact) mass is 366 g/mol. The number of aromatic amines is 1. The number of aromatic nitrogens is 2. The molecule has 2 aromatic heterocycles. The summed E-state index contributed by atoms with van der Waals surface area (Å²) in [6.07, 6.45) is 3.52. The summed E-state index contributed by atoms with van der Waals surface area (Å²) >= 11 is 3.01. The summed E-state index contributed by atoms with van der Waals surface area (Å²) in [4.78, 5) is 19.6. The second kappa shape index (κ2) is 7.08. The van der Waals surface area contributed by atoms with E-state index in [1.165, 1.54) is 11.8 Å². The number of nitrogens with zero attached hydrogens (tertiary/aromatic N) is 2. The van der Waals surface area contributed by atoms with E-state index in [0.29, 0.717) is 0 Å². The van der Waals surface area contributed by atoms with Gasteiger partial charge in [0.2, 0.25) is 0 Å². The molecule has 0 saturated carbocycles. The normalized spacial score (nSPS) is 11.5. The lowest BCUT2D eigenvalue weighted by Crippen LogP contribution is -2.19. The fourth-order valence-electron chi connectivity index (χ4n) is 2.45. The van der Waals surface area contributed by atoms with Crippen LogP contribution in [0.1, 0.15) is 5.56 Å². The third-order valence-electron chi connectivity index (χ3n) is 3.62. The first-order valence-corrected chi connectivity index (χ1v) is 9.46. The summed E-state index contributed by atoms with van der Waals surface area (Å²) < 4.78 is 2.01. The van der Waals surface area contributed by atoms with Crippen LogP contribution in [0, 0.1) is 0 Å². The number of hydrogen-bond acceptors (Lipinski definition) is 5. The molecule has 0 aliphatic carbocycles. The van der Waals surface area contributed by atoms with Gasteiger partial charge in [-0.1, -0.05) is 42.1 Å². The van der Waals surface area contributed by atoms with Crippen LogP contribution in [0.5, 0.6) is 0 Å². The number of fused-ring (bicyclic) bond motifs is 2. The minimum absolute atomic E-state index is 0.152. The van der Waals surface area contributed by atoms with E-state index in [1.807, 2.05) is 54.7 Å². The molecule has 0 aliphatic rings. The number of benzene rings is 2. The Bertz CT molecular complexity index is 1030. The van der Waals surface area contributed by atoms with Crippen LogP contribution in [-0.4, -0.2) is 27.8 Å². The van der Waals surface area contributed by atoms with Crippen molar-refractivity contribution >= 4 is 56.3 Å². The summed E-state index contributed by atoms with van der Waals surface area (Å²) in [6.45, 7) is 0. The molecule has 0 spiro atoms. The third-order valence-corrected chi connectivity index (χ3v) is 5.79. The van der Waals surface area contributed by atoms with Crippen LogP contribution in [0.2, 0.25) is 0 Å². The van der Waals surface area contributed by atoms with Crippen LogP contribution in [0.3, 0.4) is 0 Å². The molecule has 0 fully saturated rings. The van der Waals surface area contributed by atoms with Crippen molar-refractivity contribution in [2.75, 3.05) is 5.75 Å². The SMILES string of the molecule is O=C(CSc1nc2ccccc2s1)N/N=C/c1c[nH]c2ccccc12. The van der Waals surface area contributed by atoms with Crippen molar-refractivity contribution in [3.63, 3.8) is 0 Å². The van der Waals surface area contributed by atoms with E-state index in [0.717, 1.165) is 31.0 Å². The molecule has 2 heterocycles. The summed E-state index contributed by atoms with van der Waals surface area (Å²) in [6, 6.07) is 15.9. The summed E-state index contributed by atoms with van der Waals surface area (Å²) in [5.74, 6) is 0.130. The molecule has 4 rings (SSSR count). The van der Waals surface area contributed by atoms with Crippen LogP contribution >= 0.6 is 23.1 Å². The van der Waals surface area contributed by atoms with Gasteiger partial charge in [0.15, 0.2) is 4.34 Å². The van der Waals surface area contributed by atoms with E-state index >= 15 is 0 Å². The van der Waals surface area contributed by atoms with Crippen molar-refractivity contribution in [2.45, 2.75) is 4.34 Å². The zero-order valence-electron chi connectivity index (χ0n) is 13.1. The molecule has 0 radical (unpaired) electrons. The predicted molar refractivity (Wildman–Crippen MR) is 104 cm³/mol. The summed E-state index contributed by atoms with van der Waals surface area (Å²) in [5, 5.41) is 5.12. The van der Waals surface area contributed by atoms with E-state index in [4.69, 9.17) is 0 Å². The maximum absolute atomic E-state index is 11.9. The predicted octanol–water partition coefficient (Wildman–Crippen LogP) is 4.02. The van der Waals surface area contributed by atoms with Crippen molar-refractivity contribution in [1.82, 2.24) is 15.4 Å². The van der Waals surface area contributed by atoms with Crippen LogP contribution in [0.25, 0.3) is 21.1 Å². The van der Waals surface area contributed by atoms with Gasteiger partial charge in [-0.3, -0.25) is 4.79 Å². The second-order valence-corrected chi connectivity index (χ2v) is 7.57. The Morgan fingerprint density at radius 2 is 2.08 bits per heavy atom. The molecule has 5 nitrogen and oxygen atoms in total. The van der Waals surface area contributed by atoms with Crippen LogP contribution < -0.4 is 5.43 Å². The van der Waals surface area contributed by atoms with Crippen LogP contribution in [0.15, 0.2) is 64.2 Å². The van der Waals surface area contributed by atoms with Crippen molar-refractivity contribution in [1.29, 1.82) is 0 Å². The first kappa shape index (κ1) is 15.9. The zero-order valence-corrected chi connectivity index (χ0v) is 14.7. The van der Waals surface area contributed by atoms with Crippen LogP contribution in [0.4, 0.5) is 0 Å². The highest BCUT2D eigenvalue weighted by Crippen LogP contribution is 2.29. The Balaban J connectivity index is 1.34. The number of hydrogen-bond donors (Lipinski definition) is 2. The van der Waals surface area contributed by atoms with Gasteiger partial charge < -0.3 is 4.98 Å². The van der Waals surface area contributed by atoms with E-state index in [2.05, 4.69) is 20.5 Å². The molecule has 0 unspecified atom stereocenters. The van der Waals surface area contributed by atoms with Crippen molar-refractivity contribution < 1.29 is 4.79 Å². The van der Waals surface area contributed by atoms with Gasteiger partial charge in [-0.25, -0.2) is 10.4 Å². The minimum atomic E-state index is -0.152.